The van der Waals surface area contributed by atoms with Crippen molar-refractivity contribution < 1.29 is 0 Å². The Kier molecular flexibility index (Phi) is 13.7. The van der Waals surface area contributed by atoms with Crippen molar-refractivity contribution >= 4 is 11.8 Å². The Morgan fingerprint density at radius 1 is 0.750 bits per heavy atom. The smallest absolute Gasteiger partial charge is 0.00419 e. The molecule has 0 aromatic carbocycles. The van der Waals surface area contributed by atoms with Gasteiger partial charge in [0, 0.05) is 0 Å². The van der Waals surface area contributed by atoms with Crippen LogP contribution in [0.4, 0.5) is 0 Å². The van der Waals surface area contributed by atoms with Crippen molar-refractivity contribution in [3.8, 4) is 0 Å². The van der Waals surface area contributed by atoms with Gasteiger partial charge < -0.3 is 0 Å². The van der Waals surface area contributed by atoms with Crippen molar-refractivity contribution in [2.45, 2.75) is 78.1 Å². The maximum atomic E-state index is 2.30. The summed E-state index contributed by atoms with van der Waals surface area (Å²) in [7, 11) is 0. The third-order valence-electron chi connectivity index (χ3n) is 3.33. The highest BCUT2D eigenvalue weighted by Gasteiger charge is 2.07. The largest absolute Gasteiger partial charge is 0.165 e. The van der Waals surface area contributed by atoms with Crippen LogP contribution in [0.3, 0.4) is 0 Å². The summed E-state index contributed by atoms with van der Waals surface area (Å²) in [6.45, 7) is 4.59. The summed E-state index contributed by atoms with van der Waals surface area (Å²) in [5.41, 5.74) is 0. The second-order valence-corrected chi connectivity index (χ2v) is 5.93. The summed E-state index contributed by atoms with van der Waals surface area (Å²) in [5.74, 6) is 2.39. The van der Waals surface area contributed by atoms with Crippen LogP contribution in [0.25, 0.3) is 0 Å². The lowest BCUT2D eigenvalue weighted by Crippen LogP contribution is -2.04. The topological polar surface area (TPSA) is 0 Å². The number of rotatable bonds is 12. The summed E-state index contributed by atoms with van der Waals surface area (Å²) in [4.78, 5) is 0. The van der Waals surface area contributed by atoms with Crippen LogP contribution in [0.15, 0.2) is 0 Å². The van der Waals surface area contributed by atoms with E-state index in [-0.39, 0.29) is 0 Å². The van der Waals surface area contributed by atoms with Crippen molar-refractivity contribution in [1.82, 2.24) is 0 Å². The van der Waals surface area contributed by atoms with E-state index in [1.807, 2.05) is 11.8 Å². The van der Waals surface area contributed by atoms with Crippen molar-refractivity contribution in [3.63, 3.8) is 0 Å². The van der Waals surface area contributed by atoms with E-state index in [2.05, 4.69) is 20.1 Å². The Bertz CT molecular complexity index is 111. The fourth-order valence-corrected chi connectivity index (χ4v) is 3.07. The minimum Gasteiger partial charge on any atom is -0.165 e. The van der Waals surface area contributed by atoms with Gasteiger partial charge in [0.05, 0.1) is 0 Å². The van der Waals surface area contributed by atoms with Gasteiger partial charge in [-0.1, -0.05) is 65.2 Å². The summed E-state index contributed by atoms with van der Waals surface area (Å²) in [6.07, 6.45) is 16.6. The molecule has 0 saturated carbocycles. The lowest BCUT2D eigenvalue weighted by molar-refractivity contribution is 0.443. The molecule has 0 nitrogen and oxygen atoms in total. The van der Waals surface area contributed by atoms with Crippen molar-refractivity contribution in [1.29, 1.82) is 0 Å². The first-order chi connectivity index (χ1) is 7.85. The lowest BCUT2D eigenvalue weighted by atomic mass is 9.96. The number of hydrogen-bond donors (Lipinski definition) is 0. The molecular weight excluding hydrogens is 212 g/mol. The minimum atomic E-state index is 1.00. The van der Waals surface area contributed by atoms with Gasteiger partial charge in [0.2, 0.25) is 0 Å². The lowest BCUT2D eigenvalue weighted by Gasteiger charge is -2.15. The van der Waals surface area contributed by atoms with Crippen LogP contribution >= 0.6 is 11.8 Å². The second kappa shape index (κ2) is 13.4. The maximum Gasteiger partial charge on any atom is -0.00419 e. The number of hydrogen-bond acceptors (Lipinski definition) is 1. The average molecular weight is 244 g/mol. The first kappa shape index (κ1) is 16.4. The third-order valence-corrected chi connectivity index (χ3v) is 4.14. The fourth-order valence-electron chi connectivity index (χ4n) is 2.27. The molecule has 0 rings (SSSR count). The average Bonchev–Trinajstić information content (AvgIpc) is 2.30. The van der Waals surface area contributed by atoms with Gasteiger partial charge in [-0.3, -0.25) is 0 Å². The van der Waals surface area contributed by atoms with Gasteiger partial charge in [0.15, 0.2) is 0 Å². The Labute approximate surface area is 108 Å². The van der Waals surface area contributed by atoms with Gasteiger partial charge in [0.25, 0.3) is 0 Å². The molecule has 0 atom stereocenters. The molecule has 0 unspecified atom stereocenters. The van der Waals surface area contributed by atoms with Crippen LogP contribution in [0.2, 0.25) is 0 Å². The molecule has 0 aromatic heterocycles. The second-order valence-electron chi connectivity index (χ2n) is 5.02. The van der Waals surface area contributed by atoms with Crippen molar-refractivity contribution in [2.24, 2.45) is 5.92 Å². The number of unbranched alkanes of at least 4 members (excludes halogenated alkanes) is 6. The van der Waals surface area contributed by atoms with Gasteiger partial charge in [-0.15, -0.1) is 0 Å². The molecule has 0 aliphatic carbocycles. The zero-order chi connectivity index (χ0) is 12.1. The molecule has 0 aliphatic rings. The SMILES string of the molecule is CCCCCCC(CCCCCC)CSC. The van der Waals surface area contributed by atoms with Crippen LogP contribution in [-0.4, -0.2) is 12.0 Å². The highest BCUT2D eigenvalue weighted by molar-refractivity contribution is 7.98. The van der Waals surface area contributed by atoms with Crippen LogP contribution < -0.4 is 0 Å². The Hall–Kier alpha value is 0.350. The van der Waals surface area contributed by atoms with E-state index in [0.717, 1.165) is 5.92 Å². The molecule has 16 heavy (non-hydrogen) atoms. The van der Waals surface area contributed by atoms with Crippen LogP contribution in [0, 0.1) is 5.92 Å². The van der Waals surface area contributed by atoms with Gasteiger partial charge in [-0.2, -0.15) is 11.8 Å². The van der Waals surface area contributed by atoms with Crippen LogP contribution in [0.1, 0.15) is 78.1 Å². The van der Waals surface area contributed by atoms with E-state index >= 15 is 0 Å². The van der Waals surface area contributed by atoms with Gasteiger partial charge in [-0.05, 0) is 30.8 Å². The van der Waals surface area contributed by atoms with Crippen LogP contribution in [0.5, 0.6) is 0 Å². The summed E-state index contributed by atoms with van der Waals surface area (Å²) in [6, 6.07) is 0. The minimum absolute atomic E-state index is 1.00. The first-order valence-electron chi connectivity index (χ1n) is 7.34. The highest BCUT2D eigenvalue weighted by Crippen LogP contribution is 2.21. The molecule has 0 bridgehead atoms. The summed E-state index contributed by atoms with van der Waals surface area (Å²) >= 11 is 2.04. The Morgan fingerprint density at radius 3 is 1.62 bits per heavy atom. The molecular formula is C15H32S. The summed E-state index contributed by atoms with van der Waals surface area (Å²) in [5, 5.41) is 0. The van der Waals surface area contributed by atoms with E-state index < -0.39 is 0 Å². The van der Waals surface area contributed by atoms with Crippen molar-refractivity contribution in [3.05, 3.63) is 0 Å². The Balaban J connectivity index is 3.45. The first-order valence-corrected chi connectivity index (χ1v) is 8.73. The molecule has 0 radical (unpaired) electrons. The molecule has 0 aliphatic heterocycles. The predicted octanol–water partition coefficient (Wildman–Crippen LogP) is 5.91. The van der Waals surface area contributed by atoms with E-state index in [9.17, 15) is 0 Å². The van der Waals surface area contributed by atoms with E-state index in [1.165, 1.54) is 70.0 Å². The van der Waals surface area contributed by atoms with Gasteiger partial charge >= 0.3 is 0 Å². The molecule has 0 heterocycles. The standard InChI is InChI=1S/C15H32S/c1-4-6-8-10-12-15(14-16-3)13-11-9-7-5-2/h15H,4-14H2,1-3H3. The molecule has 0 fully saturated rings. The van der Waals surface area contributed by atoms with Crippen LogP contribution in [-0.2, 0) is 0 Å². The molecule has 0 amide bonds. The number of thioether (sulfide) groups is 1. The molecule has 1 heteroatoms. The Morgan fingerprint density at radius 2 is 1.25 bits per heavy atom. The van der Waals surface area contributed by atoms with Crippen molar-refractivity contribution in [2.75, 3.05) is 12.0 Å². The monoisotopic (exact) mass is 244 g/mol. The molecule has 0 spiro atoms. The molecule has 0 aromatic rings. The third kappa shape index (κ3) is 10.9. The predicted molar refractivity (Wildman–Crippen MR) is 79.4 cm³/mol. The van der Waals surface area contributed by atoms with E-state index in [1.54, 1.807) is 0 Å². The fraction of sp³-hybridized carbons (Fsp3) is 1.00. The zero-order valence-corrected chi connectivity index (χ0v) is 12.6. The molecule has 0 N–H and O–H groups in total. The van der Waals surface area contributed by atoms with Gasteiger partial charge in [-0.25, -0.2) is 0 Å². The van der Waals surface area contributed by atoms with E-state index in [4.69, 9.17) is 0 Å². The summed E-state index contributed by atoms with van der Waals surface area (Å²) < 4.78 is 0. The molecule has 98 valence electrons. The zero-order valence-electron chi connectivity index (χ0n) is 11.8. The highest BCUT2D eigenvalue weighted by atomic mass is 32.2. The quantitative estimate of drug-likeness (QED) is 0.385. The maximum absolute atomic E-state index is 2.30. The van der Waals surface area contributed by atoms with E-state index in [0.29, 0.717) is 0 Å². The molecule has 0 saturated heterocycles. The van der Waals surface area contributed by atoms with Gasteiger partial charge in [0.1, 0.15) is 0 Å². The normalized spacial score (nSPS) is 11.2.